The minimum Gasteiger partial charge on any atom is -0.463 e. The van der Waals surface area contributed by atoms with Crippen molar-refractivity contribution in [2.75, 3.05) is 13.7 Å². The van der Waals surface area contributed by atoms with Crippen LogP contribution < -0.4 is 0 Å². The summed E-state index contributed by atoms with van der Waals surface area (Å²) in [5.74, 6) is -0.420. The number of allylic oxidation sites excluding steroid dienone is 1. The molecule has 0 fully saturated rings. The number of rotatable bonds is 6. The Labute approximate surface area is 173 Å². The molecule has 0 saturated heterocycles. The van der Waals surface area contributed by atoms with E-state index < -0.39 is 17.7 Å². The van der Waals surface area contributed by atoms with Gasteiger partial charge in [0.25, 0.3) is 0 Å². The van der Waals surface area contributed by atoms with Crippen molar-refractivity contribution in [3.8, 4) is 0 Å². The fraction of sp³-hybridized carbons (Fsp3) is 0.417. The van der Waals surface area contributed by atoms with Gasteiger partial charge in [-0.25, -0.2) is 9.59 Å². The zero-order valence-electron chi connectivity index (χ0n) is 18.2. The second kappa shape index (κ2) is 9.59. The Morgan fingerprint density at radius 3 is 2.31 bits per heavy atom. The molecular formula is C24H31NO4. The maximum absolute atomic E-state index is 12.6. The third kappa shape index (κ3) is 6.34. The molecule has 5 heteroatoms. The number of ether oxygens (including phenoxy) is 2. The predicted octanol–water partition coefficient (Wildman–Crippen LogP) is 5.48. The lowest BCUT2D eigenvalue weighted by molar-refractivity contribution is -0.138. The van der Waals surface area contributed by atoms with Crippen molar-refractivity contribution in [2.45, 2.75) is 53.1 Å². The molecule has 0 atom stereocenters. The molecule has 5 nitrogen and oxygen atoms in total. The van der Waals surface area contributed by atoms with Crippen LogP contribution in [-0.4, -0.2) is 36.2 Å². The standard InChI is InChI=1S/C24H31NO4/c1-7-28-22(26)17(2)21(25(6)23(27)29-24(3,4)5)15-13-18-12-14-19-10-8-9-11-20(19)16-18/h8-12,14,16H,7,13,15H2,1-6H3. The van der Waals surface area contributed by atoms with Crippen LogP contribution in [0.1, 0.15) is 46.6 Å². The SMILES string of the molecule is CCOC(=O)C(C)=C(CCc1ccc2ccccc2c1)N(C)C(=O)OC(C)(C)C. The van der Waals surface area contributed by atoms with E-state index in [0.29, 0.717) is 24.1 Å². The Balaban J connectivity index is 2.27. The van der Waals surface area contributed by atoms with Crippen LogP contribution in [0.3, 0.4) is 0 Å². The normalized spacial score (nSPS) is 12.3. The summed E-state index contributed by atoms with van der Waals surface area (Å²) < 4.78 is 10.6. The summed E-state index contributed by atoms with van der Waals surface area (Å²) in [4.78, 5) is 26.3. The lowest BCUT2D eigenvalue weighted by atomic mass is 10.0. The van der Waals surface area contributed by atoms with E-state index >= 15 is 0 Å². The molecule has 0 saturated carbocycles. The van der Waals surface area contributed by atoms with Crippen LogP contribution in [0.5, 0.6) is 0 Å². The lowest BCUT2D eigenvalue weighted by Gasteiger charge is -2.27. The molecule has 0 aliphatic heterocycles. The fourth-order valence-electron chi connectivity index (χ4n) is 3.06. The highest BCUT2D eigenvalue weighted by Gasteiger charge is 2.25. The zero-order chi connectivity index (χ0) is 21.6. The average molecular weight is 398 g/mol. The molecule has 0 spiro atoms. The Morgan fingerprint density at radius 2 is 1.69 bits per heavy atom. The highest BCUT2D eigenvalue weighted by atomic mass is 16.6. The van der Waals surface area contributed by atoms with E-state index in [1.54, 1.807) is 20.9 Å². The number of carbonyl (C=O) groups excluding carboxylic acids is 2. The average Bonchev–Trinajstić information content (AvgIpc) is 2.66. The van der Waals surface area contributed by atoms with E-state index in [1.165, 1.54) is 10.3 Å². The van der Waals surface area contributed by atoms with Gasteiger partial charge in [0.15, 0.2) is 0 Å². The first-order chi connectivity index (χ1) is 13.6. The van der Waals surface area contributed by atoms with Crippen molar-refractivity contribution in [1.82, 2.24) is 4.90 Å². The number of amides is 1. The monoisotopic (exact) mass is 397 g/mol. The summed E-state index contributed by atoms with van der Waals surface area (Å²) >= 11 is 0. The first-order valence-corrected chi connectivity index (χ1v) is 9.93. The molecule has 0 aliphatic carbocycles. The number of fused-ring (bicyclic) bond motifs is 1. The van der Waals surface area contributed by atoms with E-state index in [1.807, 2.05) is 32.9 Å². The third-order valence-electron chi connectivity index (χ3n) is 4.55. The zero-order valence-corrected chi connectivity index (χ0v) is 18.2. The number of carbonyl (C=O) groups is 2. The van der Waals surface area contributed by atoms with E-state index in [2.05, 4.69) is 30.3 Å². The van der Waals surface area contributed by atoms with Crippen LogP contribution in [0.2, 0.25) is 0 Å². The maximum Gasteiger partial charge on any atom is 0.414 e. The van der Waals surface area contributed by atoms with Crippen molar-refractivity contribution in [1.29, 1.82) is 0 Å². The van der Waals surface area contributed by atoms with E-state index in [9.17, 15) is 9.59 Å². The third-order valence-corrected chi connectivity index (χ3v) is 4.55. The summed E-state index contributed by atoms with van der Waals surface area (Å²) in [5.41, 5.74) is 1.54. The Kier molecular flexibility index (Phi) is 7.43. The smallest absolute Gasteiger partial charge is 0.414 e. The maximum atomic E-state index is 12.6. The Hall–Kier alpha value is -2.82. The van der Waals surface area contributed by atoms with Crippen molar-refractivity contribution in [3.63, 3.8) is 0 Å². The summed E-state index contributed by atoms with van der Waals surface area (Å²) in [6.07, 6.45) is 0.706. The summed E-state index contributed by atoms with van der Waals surface area (Å²) in [7, 11) is 1.63. The number of benzene rings is 2. The van der Waals surface area contributed by atoms with Gasteiger partial charge in [-0.1, -0.05) is 42.5 Å². The highest BCUT2D eigenvalue weighted by molar-refractivity contribution is 5.89. The topological polar surface area (TPSA) is 55.8 Å². The Morgan fingerprint density at radius 1 is 1.03 bits per heavy atom. The summed E-state index contributed by atoms with van der Waals surface area (Å²) in [6, 6.07) is 14.5. The molecule has 2 rings (SSSR count). The predicted molar refractivity (Wildman–Crippen MR) is 116 cm³/mol. The van der Waals surface area contributed by atoms with Crippen LogP contribution in [0.15, 0.2) is 53.7 Å². The van der Waals surface area contributed by atoms with E-state index in [0.717, 1.165) is 10.9 Å². The first kappa shape index (κ1) is 22.5. The second-order valence-corrected chi connectivity index (χ2v) is 8.01. The number of hydrogen-bond donors (Lipinski definition) is 0. The molecule has 2 aromatic carbocycles. The summed E-state index contributed by atoms with van der Waals surface area (Å²) in [5, 5.41) is 2.35. The number of hydrogen-bond acceptors (Lipinski definition) is 4. The molecule has 0 aromatic heterocycles. The number of nitrogens with zero attached hydrogens (tertiary/aromatic N) is 1. The second-order valence-electron chi connectivity index (χ2n) is 8.01. The van der Waals surface area contributed by atoms with Crippen molar-refractivity contribution < 1.29 is 19.1 Å². The minimum absolute atomic E-state index is 0.282. The van der Waals surface area contributed by atoms with Gasteiger partial charge in [0.2, 0.25) is 0 Å². The van der Waals surface area contributed by atoms with Crippen molar-refractivity contribution in [3.05, 3.63) is 59.3 Å². The first-order valence-electron chi connectivity index (χ1n) is 9.93. The van der Waals surface area contributed by atoms with E-state index in [4.69, 9.17) is 9.47 Å². The van der Waals surface area contributed by atoms with Crippen molar-refractivity contribution >= 4 is 22.8 Å². The lowest BCUT2D eigenvalue weighted by Crippen LogP contribution is -2.35. The van der Waals surface area contributed by atoms with Gasteiger partial charge < -0.3 is 9.47 Å². The molecule has 0 bridgehead atoms. The molecule has 156 valence electrons. The molecule has 0 heterocycles. The molecule has 29 heavy (non-hydrogen) atoms. The molecule has 0 radical (unpaired) electrons. The highest BCUT2D eigenvalue weighted by Crippen LogP contribution is 2.22. The van der Waals surface area contributed by atoms with Gasteiger partial charge in [-0.3, -0.25) is 4.90 Å². The van der Waals surface area contributed by atoms with Gasteiger partial charge in [0.1, 0.15) is 5.60 Å². The molecule has 0 unspecified atom stereocenters. The van der Waals surface area contributed by atoms with Gasteiger partial charge in [-0.15, -0.1) is 0 Å². The molecule has 0 N–H and O–H groups in total. The molecule has 2 aromatic rings. The number of aryl methyl sites for hydroxylation is 1. The van der Waals surface area contributed by atoms with E-state index in [-0.39, 0.29) is 6.61 Å². The number of esters is 1. The largest absolute Gasteiger partial charge is 0.463 e. The molecule has 0 aliphatic rings. The van der Waals surface area contributed by atoms with Crippen LogP contribution in [0.4, 0.5) is 4.79 Å². The molecule has 1 amide bonds. The van der Waals surface area contributed by atoms with Gasteiger partial charge in [0, 0.05) is 12.7 Å². The van der Waals surface area contributed by atoms with Gasteiger partial charge >= 0.3 is 12.1 Å². The molecular weight excluding hydrogens is 366 g/mol. The van der Waals surface area contributed by atoms with Crippen LogP contribution in [-0.2, 0) is 20.7 Å². The Bertz CT molecular complexity index is 908. The van der Waals surface area contributed by atoms with Crippen molar-refractivity contribution in [2.24, 2.45) is 0 Å². The fourth-order valence-corrected chi connectivity index (χ4v) is 3.06. The minimum atomic E-state index is -0.618. The van der Waals surface area contributed by atoms with Gasteiger partial charge in [0.05, 0.1) is 12.2 Å². The van der Waals surface area contributed by atoms with Gasteiger partial charge in [-0.05, 0) is 63.8 Å². The van der Waals surface area contributed by atoms with Crippen LogP contribution >= 0.6 is 0 Å². The van der Waals surface area contributed by atoms with Crippen LogP contribution in [0.25, 0.3) is 10.8 Å². The summed E-state index contributed by atoms with van der Waals surface area (Å²) in [6.45, 7) is 9.18. The van der Waals surface area contributed by atoms with Gasteiger partial charge in [-0.2, -0.15) is 0 Å². The van der Waals surface area contributed by atoms with Crippen LogP contribution in [0, 0.1) is 0 Å². The quantitative estimate of drug-likeness (QED) is 0.479.